The van der Waals surface area contributed by atoms with Crippen LogP contribution in [-0.4, -0.2) is 27.4 Å². The Kier molecular flexibility index (Phi) is 6.99. The Balaban J connectivity index is 1.48. The fourth-order valence-electron chi connectivity index (χ4n) is 4.26. The number of hydrogen-bond acceptors (Lipinski definition) is 3. The number of urea groups is 1. The van der Waals surface area contributed by atoms with E-state index in [0.717, 1.165) is 45.5 Å². The van der Waals surface area contributed by atoms with E-state index in [2.05, 4.69) is 12.2 Å². The first kappa shape index (κ1) is 23.2. The molecule has 0 radical (unpaired) electrons. The van der Waals surface area contributed by atoms with E-state index >= 15 is 0 Å². The topological polar surface area (TPSA) is 58.1 Å². The standard InChI is InChI=1S/C31H28N4O/c1-2-20-35(22-23-12-6-3-7-13-23)31(36)32-26-18-19-27-28(21-26)34-30(25-16-10-5-11-17-25)29(33-27)24-14-8-4-9-15-24/h3-19,21H,2,20,22H2,1H3,(H,32,36). The fraction of sp³-hybridized carbons (Fsp3) is 0.129. The van der Waals surface area contributed by atoms with Gasteiger partial charge in [0, 0.05) is 29.9 Å². The number of fused-ring (bicyclic) bond motifs is 1. The molecule has 5 aromatic rings. The number of carbonyl (C=O) groups excluding carboxylic acids is 1. The average molecular weight is 473 g/mol. The molecule has 0 atom stereocenters. The molecule has 0 aliphatic rings. The molecule has 5 heteroatoms. The zero-order chi connectivity index (χ0) is 24.7. The second-order valence-corrected chi connectivity index (χ2v) is 8.69. The maximum Gasteiger partial charge on any atom is 0.322 e. The normalized spacial score (nSPS) is 10.8. The first-order valence-electron chi connectivity index (χ1n) is 12.2. The Morgan fingerprint density at radius 3 is 1.86 bits per heavy atom. The Bertz CT molecular complexity index is 1450. The molecule has 178 valence electrons. The molecule has 1 heterocycles. The summed E-state index contributed by atoms with van der Waals surface area (Å²) in [5.74, 6) is 0. The van der Waals surface area contributed by atoms with Crippen molar-refractivity contribution in [3.8, 4) is 22.5 Å². The molecule has 1 aromatic heterocycles. The quantitative estimate of drug-likeness (QED) is 0.268. The van der Waals surface area contributed by atoms with Crippen LogP contribution in [0, 0.1) is 0 Å². The highest BCUT2D eigenvalue weighted by atomic mass is 16.2. The van der Waals surface area contributed by atoms with Crippen LogP contribution in [0.15, 0.2) is 109 Å². The van der Waals surface area contributed by atoms with Crippen LogP contribution in [0.5, 0.6) is 0 Å². The van der Waals surface area contributed by atoms with Crippen LogP contribution in [0.2, 0.25) is 0 Å². The summed E-state index contributed by atoms with van der Waals surface area (Å²) in [5.41, 5.74) is 6.97. The highest BCUT2D eigenvalue weighted by Gasteiger charge is 2.16. The molecular weight excluding hydrogens is 444 g/mol. The largest absolute Gasteiger partial charge is 0.322 e. The lowest BCUT2D eigenvalue weighted by Gasteiger charge is -2.23. The number of carbonyl (C=O) groups is 1. The maximum absolute atomic E-state index is 13.1. The lowest BCUT2D eigenvalue weighted by Crippen LogP contribution is -2.35. The Labute approximate surface area is 211 Å². The van der Waals surface area contributed by atoms with Gasteiger partial charge in [-0.05, 0) is 30.2 Å². The number of anilines is 1. The molecule has 0 aliphatic carbocycles. The molecule has 0 aliphatic heterocycles. The van der Waals surface area contributed by atoms with Crippen molar-refractivity contribution < 1.29 is 4.79 Å². The minimum absolute atomic E-state index is 0.128. The molecule has 5 nitrogen and oxygen atoms in total. The number of aromatic nitrogens is 2. The molecule has 0 bridgehead atoms. The number of nitrogens with zero attached hydrogens (tertiary/aromatic N) is 3. The van der Waals surface area contributed by atoms with Gasteiger partial charge in [-0.15, -0.1) is 0 Å². The summed E-state index contributed by atoms with van der Waals surface area (Å²) in [6.07, 6.45) is 0.881. The molecule has 2 amide bonds. The number of nitrogens with one attached hydrogen (secondary N) is 1. The van der Waals surface area contributed by atoms with Crippen molar-refractivity contribution in [2.24, 2.45) is 0 Å². The van der Waals surface area contributed by atoms with Crippen LogP contribution in [0.25, 0.3) is 33.5 Å². The van der Waals surface area contributed by atoms with Gasteiger partial charge in [-0.3, -0.25) is 0 Å². The second-order valence-electron chi connectivity index (χ2n) is 8.69. The molecule has 36 heavy (non-hydrogen) atoms. The van der Waals surface area contributed by atoms with E-state index in [1.54, 1.807) is 0 Å². The van der Waals surface area contributed by atoms with Gasteiger partial charge in [0.1, 0.15) is 0 Å². The molecule has 0 saturated carbocycles. The Morgan fingerprint density at radius 1 is 0.722 bits per heavy atom. The first-order chi connectivity index (χ1) is 17.7. The fourth-order valence-corrected chi connectivity index (χ4v) is 4.26. The van der Waals surface area contributed by atoms with E-state index in [0.29, 0.717) is 18.8 Å². The second kappa shape index (κ2) is 10.8. The summed E-state index contributed by atoms with van der Waals surface area (Å²) >= 11 is 0. The maximum atomic E-state index is 13.1. The van der Waals surface area contributed by atoms with E-state index < -0.39 is 0 Å². The zero-order valence-corrected chi connectivity index (χ0v) is 20.3. The van der Waals surface area contributed by atoms with Gasteiger partial charge in [0.2, 0.25) is 0 Å². The summed E-state index contributed by atoms with van der Waals surface area (Å²) in [6.45, 7) is 3.31. The van der Waals surface area contributed by atoms with Crippen molar-refractivity contribution in [1.29, 1.82) is 0 Å². The molecule has 5 rings (SSSR count). The number of hydrogen-bond donors (Lipinski definition) is 1. The highest BCUT2D eigenvalue weighted by molar-refractivity contribution is 5.93. The Morgan fingerprint density at radius 2 is 1.28 bits per heavy atom. The number of benzene rings is 4. The number of amides is 2. The summed E-state index contributed by atoms with van der Waals surface area (Å²) in [6, 6.07) is 35.8. The lowest BCUT2D eigenvalue weighted by molar-refractivity contribution is 0.209. The van der Waals surface area contributed by atoms with Gasteiger partial charge >= 0.3 is 6.03 Å². The van der Waals surface area contributed by atoms with E-state index in [9.17, 15) is 4.79 Å². The predicted molar refractivity (Wildman–Crippen MR) is 147 cm³/mol. The van der Waals surface area contributed by atoms with Crippen molar-refractivity contribution in [3.63, 3.8) is 0 Å². The summed E-state index contributed by atoms with van der Waals surface area (Å²) in [7, 11) is 0. The number of rotatable bonds is 7. The predicted octanol–water partition coefficient (Wildman–Crippen LogP) is 7.41. The molecule has 0 saturated heterocycles. The van der Waals surface area contributed by atoms with Crippen LogP contribution < -0.4 is 5.32 Å². The third-order valence-electron chi connectivity index (χ3n) is 6.01. The van der Waals surface area contributed by atoms with Crippen molar-refractivity contribution >= 4 is 22.8 Å². The third kappa shape index (κ3) is 5.26. The average Bonchev–Trinajstić information content (AvgIpc) is 2.93. The zero-order valence-electron chi connectivity index (χ0n) is 20.3. The summed E-state index contributed by atoms with van der Waals surface area (Å²) in [4.78, 5) is 25.0. The highest BCUT2D eigenvalue weighted by Crippen LogP contribution is 2.31. The summed E-state index contributed by atoms with van der Waals surface area (Å²) < 4.78 is 0. The summed E-state index contributed by atoms with van der Waals surface area (Å²) in [5, 5.41) is 3.06. The molecule has 4 aromatic carbocycles. The van der Waals surface area contributed by atoms with Crippen LogP contribution >= 0.6 is 0 Å². The van der Waals surface area contributed by atoms with Gasteiger partial charge in [0.05, 0.1) is 22.4 Å². The lowest BCUT2D eigenvalue weighted by atomic mass is 10.0. The van der Waals surface area contributed by atoms with Gasteiger partial charge in [0.25, 0.3) is 0 Å². The van der Waals surface area contributed by atoms with E-state index in [1.807, 2.05) is 114 Å². The van der Waals surface area contributed by atoms with E-state index in [1.165, 1.54) is 0 Å². The molecule has 0 unspecified atom stereocenters. The van der Waals surface area contributed by atoms with Crippen LogP contribution in [0.1, 0.15) is 18.9 Å². The van der Waals surface area contributed by atoms with Crippen LogP contribution in [0.3, 0.4) is 0 Å². The monoisotopic (exact) mass is 472 g/mol. The van der Waals surface area contributed by atoms with Crippen molar-refractivity contribution in [1.82, 2.24) is 14.9 Å². The van der Waals surface area contributed by atoms with E-state index in [-0.39, 0.29) is 6.03 Å². The first-order valence-corrected chi connectivity index (χ1v) is 12.2. The minimum atomic E-state index is -0.128. The van der Waals surface area contributed by atoms with Crippen molar-refractivity contribution in [2.75, 3.05) is 11.9 Å². The van der Waals surface area contributed by atoms with Crippen LogP contribution in [0.4, 0.5) is 10.5 Å². The molecular formula is C31H28N4O. The van der Waals surface area contributed by atoms with Crippen LogP contribution in [-0.2, 0) is 6.54 Å². The molecule has 0 fully saturated rings. The van der Waals surface area contributed by atoms with Gasteiger partial charge in [-0.2, -0.15) is 0 Å². The van der Waals surface area contributed by atoms with Gasteiger partial charge < -0.3 is 10.2 Å². The smallest absolute Gasteiger partial charge is 0.320 e. The van der Waals surface area contributed by atoms with Crippen molar-refractivity contribution in [2.45, 2.75) is 19.9 Å². The third-order valence-corrected chi connectivity index (χ3v) is 6.01. The van der Waals surface area contributed by atoms with Gasteiger partial charge in [0.15, 0.2) is 0 Å². The van der Waals surface area contributed by atoms with Crippen molar-refractivity contribution in [3.05, 3.63) is 115 Å². The molecule has 1 N–H and O–H groups in total. The van der Waals surface area contributed by atoms with Gasteiger partial charge in [-0.1, -0.05) is 97.9 Å². The molecule has 0 spiro atoms. The minimum Gasteiger partial charge on any atom is -0.320 e. The van der Waals surface area contributed by atoms with Gasteiger partial charge in [-0.25, -0.2) is 14.8 Å². The SMILES string of the molecule is CCCN(Cc1ccccc1)C(=O)Nc1ccc2nc(-c3ccccc3)c(-c3ccccc3)nc2c1. The Hall–Kier alpha value is -4.51. The van der Waals surface area contributed by atoms with E-state index in [4.69, 9.17) is 9.97 Å².